The summed E-state index contributed by atoms with van der Waals surface area (Å²) in [7, 11) is 0. The van der Waals surface area contributed by atoms with Crippen LogP contribution in [0.25, 0.3) is 0 Å². The number of halogens is 2. The molecule has 0 aliphatic rings. The smallest absolute Gasteiger partial charge is 0.128 e. The first-order valence-electron chi connectivity index (χ1n) is 5.36. The van der Waals surface area contributed by atoms with Crippen LogP contribution in [0.4, 0.5) is 4.39 Å². The van der Waals surface area contributed by atoms with E-state index in [1.165, 1.54) is 6.07 Å². The van der Waals surface area contributed by atoms with Gasteiger partial charge in [0, 0.05) is 16.1 Å². The molecule has 4 heteroatoms. The molecule has 0 heterocycles. The topological polar surface area (TPSA) is 12.0 Å². The molecule has 0 amide bonds. The van der Waals surface area contributed by atoms with Gasteiger partial charge < -0.3 is 5.32 Å². The van der Waals surface area contributed by atoms with E-state index in [1.54, 1.807) is 17.8 Å². The van der Waals surface area contributed by atoms with Crippen molar-refractivity contribution >= 4 is 27.7 Å². The average molecular weight is 306 g/mol. The maximum absolute atomic E-state index is 13.7. The van der Waals surface area contributed by atoms with E-state index in [0.717, 1.165) is 28.8 Å². The fourth-order valence-corrected chi connectivity index (χ4v) is 2.48. The van der Waals surface area contributed by atoms with Crippen LogP contribution in [0.2, 0.25) is 0 Å². The van der Waals surface area contributed by atoms with Gasteiger partial charge in [-0.3, -0.25) is 0 Å². The normalized spacial score (nSPS) is 12.8. The van der Waals surface area contributed by atoms with Crippen LogP contribution in [0.1, 0.15) is 24.9 Å². The summed E-state index contributed by atoms with van der Waals surface area (Å²) in [4.78, 5) is 0. The molecule has 0 radical (unpaired) electrons. The highest BCUT2D eigenvalue weighted by atomic mass is 79.9. The first-order chi connectivity index (χ1) is 7.69. The minimum Gasteiger partial charge on any atom is -0.310 e. The van der Waals surface area contributed by atoms with E-state index in [1.807, 2.05) is 13.0 Å². The van der Waals surface area contributed by atoms with E-state index in [4.69, 9.17) is 0 Å². The number of hydrogen-bond donors (Lipinski definition) is 1. The quantitative estimate of drug-likeness (QED) is 0.853. The Morgan fingerprint density at radius 2 is 2.25 bits per heavy atom. The Kier molecular flexibility index (Phi) is 6.39. The summed E-state index contributed by atoms with van der Waals surface area (Å²) in [6, 6.07) is 5.22. The third-order valence-electron chi connectivity index (χ3n) is 2.39. The van der Waals surface area contributed by atoms with Crippen molar-refractivity contribution in [1.82, 2.24) is 5.32 Å². The fraction of sp³-hybridized carbons (Fsp3) is 0.500. The molecule has 1 rings (SSSR count). The van der Waals surface area contributed by atoms with Gasteiger partial charge in [-0.25, -0.2) is 4.39 Å². The molecule has 0 aromatic heterocycles. The zero-order chi connectivity index (χ0) is 12.0. The van der Waals surface area contributed by atoms with Crippen LogP contribution in [-0.2, 0) is 0 Å². The highest BCUT2D eigenvalue weighted by molar-refractivity contribution is 9.10. The SMILES string of the molecule is CCNC(CCSC)c1cc(Br)ccc1F. The van der Waals surface area contributed by atoms with Gasteiger partial charge in [0.05, 0.1) is 0 Å². The van der Waals surface area contributed by atoms with Crippen LogP contribution in [0.15, 0.2) is 22.7 Å². The predicted octanol–water partition coefficient (Wildman–Crippen LogP) is 3.99. The highest BCUT2D eigenvalue weighted by Crippen LogP contribution is 2.24. The molecule has 1 nitrogen and oxygen atoms in total. The summed E-state index contributed by atoms with van der Waals surface area (Å²) < 4.78 is 14.6. The molecule has 0 aliphatic heterocycles. The first kappa shape index (κ1) is 14.0. The van der Waals surface area contributed by atoms with Crippen molar-refractivity contribution in [3.8, 4) is 0 Å². The van der Waals surface area contributed by atoms with Gasteiger partial charge in [-0.05, 0) is 43.2 Å². The third kappa shape index (κ3) is 4.07. The molecular formula is C12H17BrFNS. The Bertz CT molecular complexity index is 333. The number of hydrogen-bond acceptors (Lipinski definition) is 2. The van der Waals surface area contributed by atoms with Crippen molar-refractivity contribution in [2.45, 2.75) is 19.4 Å². The van der Waals surface area contributed by atoms with E-state index in [-0.39, 0.29) is 11.9 Å². The maximum atomic E-state index is 13.7. The van der Waals surface area contributed by atoms with Crippen molar-refractivity contribution in [2.75, 3.05) is 18.6 Å². The van der Waals surface area contributed by atoms with Crippen molar-refractivity contribution in [1.29, 1.82) is 0 Å². The number of rotatable bonds is 6. The van der Waals surface area contributed by atoms with Crippen LogP contribution in [-0.4, -0.2) is 18.6 Å². The van der Waals surface area contributed by atoms with Gasteiger partial charge in [-0.1, -0.05) is 22.9 Å². The molecule has 1 unspecified atom stereocenters. The summed E-state index contributed by atoms with van der Waals surface area (Å²) in [5, 5.41) is 3.33. The second-order valence-electron chi connectivity index (χ2n) is 3.56. The van der Waals surface area contributed by atoms with Crippen LogP contribution in [0.5, 0.6) is 0 Å². The van der Waals surface area contributed by atoms with Gasteiger partial charge >= 0.3 is 0 Å². The minimum atomic E-state index is -0.129. The standard InChI is InChI=1S/C12H17BrFNS/c1-3-15-12(6-7-16-2)10-8-9(13)4-5-11(10)14/h4-5,8,12,15H,3,6-7H2,1-2H3. The Morgan fingerprint density at radius 3 is 2.88 bits per heavy atom. The van der Waals surface area contributed by atoms with Crippen molar-refractivity contribution < 1.29 is 4.39 Å². The third-order valence-corrected chi connectivity index (χ3v) is 3.53. The summed E-state index contributed by atoms with van der Waals surface area (Å²) in [5.41, 5.74) is 0.755. The molecule has 90 valence electrons. The molecule has 1 aromatic rings. The lowest BCUT2D eigenvalue weighted by atomic mass is 10.0. The van der Waals surface area contributed by atoms with Crippen molar-refractivity contribution in [3.63, 3.8) is 0 Å². The van der Waals surface area contributed by atoms with E-state index in [2.05, 4.69) is 27.5 Å². The Morgan fingerprint density at radius 1 is 1.50 bits per heavy atom. The van der Waals surface area contributed by atoms with Crippen LogP contribution < -0.4 is 5.32 Å². The Balaban J connectivity index is 2.85. The molecule has 0 saturated carbocycles. The molecule has 0 fully saturated rings. The summed E-state index contributed by atoms with van der Waals surface area (Å²) in [6.45, 7) is 2.90. The number of thioether (sulfide) groups is 1. The van der Waals surface area contributed by atoms with Crippen LogP contribution in [0.3, 0.4) is 0 Å². The molecule has 1 N–H and O–H groups in total. The molecule has 0 saturated heterocycles. The van der Waals surface area contributed by atoms with Gasteiger partial charge in [0.1, 0.15) is 5.82 Å². The lowest BCUT2D eigenvalue weighted by Crippen LogP contribution is -2.22. The number of benzene rings is 1. The van der Waals surface area contributed by atoms with E-state index < -0.39 is 0 Å². The van der Waals surface area contributed by atoms with E-state index in [0.29, 0.717) is 0 Å². The maximum Gasteiger partial charge on any atom is 0.128 e. The van der Waals surface area contributed by atoms with Gasteiger partial charge in [-0.15, -0.1) is 0 Å². The summed E-state index contributed by atoms with van der Waals surface area (Å²) in [6.07, 6.45) is 3.02. The van der Waals surface area contributed by atoms with E-state index >= 15 is 0 Å². The minimum absolute atomic E-state index is 0.106. The van der Waals surface area contributed by atoms with E-state index in [9.17, 15) is 4.39 Å². The lowest BCUT2D eigenvalue weighted by molar-refractivity contribution is 0.503. The molecule has 1 aromatic carbocycles. The molecule has 16 heavy (non-hydrogen) atoms. The second-order valence-corrected chi connectivity index (χ2v) is 5.46. The van der Waals surface area contributed by atoms with Gasteiger partial charge in [0.2, 0.25) is 0 Å². The summed E-state index contributed by atoms with van der Waals surface area (Å²) in [5.74, 6) is 0.902. The first-order valence-corrected chi connectivity index (χ1v) is 7.55. The van der Waals surface area contributed by atoms with Crippen molar-refractivity contribution in [3.05, 3.63) is 34.1 Å². The van der Waals surface area contributed by atoms with Gasteiger partial charge in [0.25, 0.3) is 0 Å². The summed E-state index contributed by atoms with van der Waals surface area (Å²) >= 11 is 5.17. The Labute approximate surface area is 109 Å². The van der Waals surface area contributed by atoms with Crippen LogP contribution >= 0.6 is 27.7 Å². The fourth-order valence-electron chi connectivity index (χ4n) is 1.63. The second kappa shape index (κ2) is 7.30. The molecule has 0 aliphatic carbocycles. The molecule has 0 bridgehead atoms. The molecule has 1 atom stereocenters. The zero-order valence-electron chi connectivity index (χ0n) is 9.59. The zero-order valence-corrected chi connectivity index (χ0v) is 12.0. The predicted molar refractivity (Wildman–Crippen MR) is 73.5 cm³/mol. The van der Waals surface area contributed by atoms with Gasteiger partial charge in [-0.2, -0.15) is 11.8 Å². The monoisotopic (exact) mass is 305 g/mol. The molecule has 0 spiro atoms. The lowest BCUT2D eigenvalue weighted by Gasteiger charge is -2.18. The number of nitrogens with one attached hydrogen (secondary N) is 1. The van der Waals surface area contributed by atoms with Gasteiger partial charge in [0.15, 0.2) is 0 Å². The Hall–Kier alpha value is -0.0600. The highest BCUT2D eigenvalue weighted by Gasteiger charge is 2.14. The van der Waals surface area contributed by atoms with Crippen LogP contribution in [0, 0.1) is 5.82 Å². The largest absolute Gasteiger partial charge is 0.310 e. The average Bonchev–Trinajstić information content (AvgIpc) is 2.28. The van der Waals surface area contributed by atoms with Crippen molar-refractivity contribution in [2.24, 2.45) is 0 Å². The molecular weight excluding hydrogens is 289 g/mol.